The lowest BCUT2D eigenvalue weighted by Gasteiger charge is -2.07. The van der Waals surface area contributed by atoms with Crippen LogP contribution in [-0.2, 0) is 14.6 Å². The second-order valence-electron chi connectivity index (χ2n) is 3.70. The summed E-state index contributed by atoms with van der Waals surface area (Å²) in [5.74, 6) is -0.549. The second-order valence-corrected chi connectivity index (χ2v) is 5.78. The second kappa shape index (κ2) is 5.97. The summed E-state index contributed by atoms with van der Waals surface area (Å²) in [6.45, 7) is 0.522. The number of hydrogen-bond donors (Lipinski definition) is 1. The molecular weight excluding hydrogens is 245 g/mol. The van der Waals surface area contributed by atoms with Crippen LogP contribution in [0.15, 0.2) is 23.1 Å². The minimum atomic E-state index is -3.44. The average molecular weight is 261 g/mol. The highest BCUT2D eigenvalue weighted by Crippen LogP contribution is 2.21. The number of anilines is 1. The Morgan fingerprint density at radius 2 is 2.06 bits per heavy atom. The Morgan fingerprint density at radius 1 is 1.35 bits per heavy atom. The van der Waals surface area contributed by atoms with Crippen molar-refractivity contribution in [1.82, 2.24) is 0 Å². The normalized spacial score (nSPS) is 11.6. The molecule has 0 atom stereocenters. The molecule has 0 amide bonds. The predicted molar refractivity (Wildman–Crippen MR) is 64.0 cm³/mol. The number of benzene rings is 1. The summed E-state index contributed by atoms with van der Waals surface area (Å²) in [7, 11) is -1.87. The fourth-order valence-corrected chi connectivity index (χ4v) is 2.95. The van der Waals surface area contributed by atoms with Crippen LogP contribution in [0, 0.1) is 5.82 Å². The number of sulfone groups is 1. The SMILES string of the molecule is COCCCCS(=O)(=O)c1ccc(F)cc1N. The van der Waals surface area contributed by atoms with Crippen molar-refractivity contribution < 1.29 is 17.5 Å². The van der Waals surface area contributed by atoms with Crippen molar-refractivity contribution >= 4 is 15.5 Å². The maximum Gasteiger partial charge on any atom is 0.180 e. The van der Waals surface area contributed by atoms with Crippen molar-refractivity contribution in [1.29, 1.82) is 0 Å². The Kier molecular flexibility index (Phi) is 4.89. The lowest BCUT2D eigenvalue weighted by Crippen LogP contribution is -2.10. The quantitative estimate of drug-likeness (QED) is 0.480. The molecule has 0 saturated carbocycles. The van der Waals surface area contributed by atoms with Gasteiger partial charge in [0.25, 0.3) is 0 Å². The van der Waals surface area contributed by atoms with Gasteiger partial charge in [0.1, 0.15) is 5.82 Å². The number of nitrogen functional groups attached to an aromatic ring is 1. The molecule has 0 heterocycles. The summed E-state index contributed by atoms with van der Waals surface area (Å²) in [6, 6.07) is 3.32. The van der Waals surface area contributed by atoms with Crippen LogP contribution in [0.5, 0.6) is 0 Å². The van der Waals surface area contributed by atoms with Gasteiger partial charge in [-0.3, -0.25) is 0 Å². The van der Waals surface area contributed by atoms with E-state index in [0.29, 0.717) is 19.4 Å². The highest BCUT2D eigenvalue weighted by Gasteiger charge is 2.17. The summed E-state index contributed by atoms with van der Waals surface area (Å²) >= 11 is 0. The summed E-state index contributed by atoms with van der Waals surface area (Å²) < 4.78 is 41.4. The van der Waals surface area contributed by atoms with Gasteiger partial charge < -0.3 is 10.5 Å². The zero-order valence-electron chi connectivity index (χ0n) is 9.65. The van der Waals surface area contributed by atoms with E-state index in [9.17, 15) is 12.8 Å². The van der Waals surface area contributed by atoms with Crippen molar-refractivity contribution in [2.24, 2.45) is 0 Å². The lowest BCUT2D eigenvalue weighted by atomic mass is 10.3. The van der Waals surface area contributed by atoms with Crippen molar-refractivity contribution in [3.63, 3.8) is 0 Å². The van der Waals surface area contributed by atoms with E-state index < -0.39 is 15.7 Å². The van der Waals surface area contributed by atoms with Crippen LogP contribution in [-0.4, -0.2) is 27.9 Å². The largest absolute Gasteiger partial charge is 0.398 e. The molecule has 17 heavy (non-hydrogen) atoms. The molecule has 6 heteroatoms. The van der Waals surface area contributed by atoms with Gasteiger partial charge in [0.15, 0.2) is 9.84 Å². The number of rotatable bonds is 6. The van der Waals surface area contributed by atoms with E-state index in [1.807, 2.05) is 0 Å². The molecule has 96 valence electrons. The zero-order valence-corrected chi connectivity index (χ0v) is 10.5. The topological polar surface area (TPSA) is 69.4 Å². The molecule has 0 saturated heterocycles. The Bertz CT molecular complexity index is 474. The minimum absolute atomic E-state index is 0.00341. The maximum atomic E-state index is 12.8. The highest BCUT2D eigenvalue weighted by atomic mass is 32.2. The fourth-order valence-electron chi connectivity index (χ4n) is 1.45. The van der Waals surface area contributed by atoms with E-state index in [2.05, 4.69) is 0 Å². The highest BCUT2D eigenvalue weighted by molar-refractivity contribution is 7.91. The van der Waals surface area contributed by atoms with Crippen LogP contribution in [0.3, 0.4) is 0 Å². The van der Waals surface area contributed by atoms with E-state index in [1.54, 1.807) is 7.11 Å². The molecule has 1 aromatic rings. The van der Waals surface area contributed by atoms with Gasteiger partial charge >= 0.3 is 0 Å². The van der Waals surface area contributed by atoms with Gasteiger partial charge in [-0.1, -0.05) is 0 Å². The summed E-state index contributed by atoms with van der Waals surface area (Å²) in [6.07, 6.45) is 1.16. The molecule has 0 bridgehead atoms. The molecule has 0 aromatic heterocycles. The van der Waals surface area contributed by atoms with E-state index in [0.717, 1.165) is 12.1 Å². The molecule has 4 nitrogen and oxygen atoms in total. The molecular formula is C11H16FNO3S. The Balaban J connectivity index is 2.76. The van der Waals surface area contributed by atoms with Gasteiger partial charge in [0, 0.05) is 13.7 Å². The van der Waals surface area contributed by atoms with Gasteiger partial charge in [-0.05, 0) is 31.0 Å². The Labute approximate surface area is 101 Å². The van der Waals surface area contributed by atoms with Crippen LogP contribution in [0.2, 0.25) is 0 Å². The molecule has 2 N–H and O–H groups in total. The molecule has 0 unspecified atom stereocenters. The molecule has 0 fully saturated rings. The molecule has 0 spiro atoms. The summed E-state index contributed by atoms with van der Waals surface area (Å²) in [5, 5.41) is 0. The van der Waals surface area contributed by atoms with Crippen molar-refractivity contribution in [2.75, 3.05) is 25.2 Å². The monoisotopic (exact) mass is 261 g/mol. The number of methoxy groups -OCH3 is 1. The van der Waals surface area contributed by atoms with Gasteiger partial charge in [0.2, 0.25) is 0 Å². The minimum Gasteiger partial charge on any atom is -0.398 e. The van der Waals surface area contributed by atoms with E-state index >= 15 is 0 Å². The molecule has 1 aromatic carbocycles. The molecule has 0 aliphatic carbocycles. The molecule has 0 radical (unpaired) electrons. The predicted octanol–water partition coefficient (Wildman–Crippen LogP) is 1.61. The summed E-state index contributed by atoms with van der Waals surface area (Å²) in [5.41, 5.74) is 5.45. The lowest BCUT2D eigenvalue weighted by molar-refractivity contribution is 0.194. The van der Waals surface area contributed by atoms with Gasteiger partial charge in [0.05, 0.1) is 16.3 Å². The van der Waals surface area contributed by atoms with Crippen molar-refractivity contribution in [3.05, 3.63) is 24.0 Å². The number of unbranched alkanes of at least 4 members (excludes halogenated alkanes) is 1. The fraction of sp³-hybridized carbons (Fsp3) is 0.455. The number of ether oxygens (including phenoxy) is 1. The summed E-state index contributed by atoms with van der Waals surface area (Å²) in [4.78, 5) is -0.00341. The van der Waals surface area contributed by atoms with Crippen LogP contribution < -0.4 is 5.73 Å². The van der Waals surface area contributed by atoms with Gasteiger partial charge in [-0.25, -0.2) is 12.8 Å². The average Bonchev–Trinajstić information content (AvgIpc) is 2.24. The van der Waals surface area contributed by atoms with E-state index in [1.165, 1.54) is 6.07 Å². The van der Waals surface area contributed by atoms with Crippen LogP contribution >= 0.6 is 0 Å². The van der Waals surface area contributed by atoms with Crippen LogP contribution in [0.25, 0.3) is 0 Å². The van der Waals surface area contributed by atoms with Crippen molar-refractivity contribution in [3.8, 4) is 0 Å². The number of nitrogens with two attached hydrogens (primary N) is 1. The van der Waals surface area contributed by atoms with E-state index in [4.69, 9.17) is 10.5 Å². The molecule has 1 rings (SSSR count). The number of halogens is 1. The smallest absolute Gasteiger partial charge is 0.180 e. The third kappa shape index (κ3) is 3.98. The van der Waals surface area contributed by atoms with Crippen LogP contribution in [0.4, 0.5) is 10.1 Å². The molecule has 0 aliphatic heterocycles. The maximum absolute atomic E-state index is 12.8. The third-order valence-corrected chi connectivity index (χ3v) is 4.19. The Morgan fingerprint density at radius 3 is 2.65 bits per heavy atom. The van der Waals surface area contributed by atoms with Gasteiger partial charge in [-0.2, -0.15) is 0 Å². The standard InChI is InChI=1S/C11H16FNO3S/c1-16-6-2-3-7-17(14,15)11-5-4-9(12)8-10(11)13/h4-5,8H,2-3,6-7,13H2,1H3. The number of hydrogen-bond acceptors (Lipinski definition) is 4. The van der Waals surface area contributed by atoms with Crippen LogP contribution in [0.1, 0.15) is 12.8 Å². The van der Waals surface area contributed by atoms with Gasteiger partial charge in [-0.15, -0.1) is 0 Å². The van der Waals surface area contributed by atoms with E-state index in [-0.39, 0.29) is 16.3 Å². The first-order valence-electron chi connectivity index (χ1n) is 5.24. The Hall–Kier alpha value is -1.14. The zero-order chi connectivity index (χ0) is 12.9. The van der Waals surface area contributed by atoms with Crippen molar-refractivity contribution in [2.45, 2.75) is 17.7 Å². The first-order chi connectivity index (χ1) is 7.97. The molecule has 0 aliphatic rings. The first kappa shape index (κ1) is 13.9. The third-order valence-electron chi connectivity index (χ3n) is 2.32. The first-order valence-corrected chi connectivity index (χ1v) is 6.89.